The number of hydrogen-bond donors (Lipinski definition) is 1. The molecule has 0 bridgehead atoms. The maximum Gasteiger partial charge on any atom is 0.197 e. The Kier molecular flexibility index (Phi) is 3.41. The van der Waals surface area contributed by atoms with Gasteiger partial charge in [-0.15, -0.1) is 0 Å². The zero-order chi connectivity index (χ0) is 10.7. The van der Waals surface area contributed by atoms with Crippen molar-refractivity contribution in [3.8, 4) is 0 Å². The highest BCUT2D eigenvalue weighted by Gasteiger charge is 2.27. The summed E-state index contributed by atoms with van der Waals surface area (Å²) < 4.78 is 5.36. The van der Waals surface area contributed by atoms with E-state index in [1.165, 1.54) is 6.42 Å². The lowest BCUT2D eigenvalue weighted by Crippen LogP contribution is -2.27. The molecular weight excluding hydrogens is 190 g/mol. The van der Waals surface area contributed by atoms with Crippen LogP contribution >= 0.6 is 0 Å². The number of nitrogens with two attached hydrogens (primary N) is 1. The first kappa shape index (κ1) is 10.7. The summed E-state index contributed by atoms with van der Waals surface area (Å²) in [5.41, 5.74) is 5.94. The lowest BCUT2D eigenvalue weighted by Gasteiger charge is -2.17. The summed E-state index contributed by atoms with van der Waals surface area (Å²) in [5, 5.41) is 0. The third-order valence-electron chi connectivity index (χ3n) is 3.38. The molecule has 2 aliphatic rings. The van der Waals surface area contributed by atoms with Crippen LogP contribution in [0.15, 0.2) is 11.8 Å². The Hall–Kier alpha value is -0.830. The van der Waals surface area contributed by atoms with Gasteiger partial charge in [-0.1, -0.05) is 6.42 Å². The van der Waals surface area contributed by atoms with Gasteiger partial charge in [0.15, 0.2) is 11.5 Å². The lowest BCUT2D eigenvalue weighted by molar-refractivity contribution is -0.120. The van der Waals surface area contributed by atoms with Gasteiger partial charge in [0.1, 0.15) is 0 Å². The zero-order valence-corrected chi connectivity index (χ0v) is 9.08. The van der Waals surface area contributed by atoms with Crippen LogP contribution < -0.4 is 5.73 Å². The van der Waals surface area contributed by atoms with Crippen molar-refractivity contribution >= 4 is 5.78 Å². The smallest absolute Gasteiger partial charge is 0.197 e. The lowest BCUT2D eigenvalue weighted by atomic mass is 9.96. The molecule has 2 rings (SSSR count). The molecule has 1 heterocycles. The number of ketones is 1. The Morgan fingerprint density at radius 1 is 1.47 bits per heavy atom. The van der Waals surface area contributed by atoms with Gasteiger partial charge in [0.05, 0.1) is 6.61 Å². The van der Waals surface area contributed by atoms with Crippen LogP contribution in [0.1, 0.15) is 38.5 Å². The van der Waals surface area contributed by atoms with E-state index < -0.39 is 0 Å². The predicted molar refractivity (Wildman–Crippen MR) is 58.2 cm³/mol. The highest BCUT2D eigenvalue weighted by Crippen LogP contribution is 2.28. The average molecular weight is 209 g/mol. The molecule has 1 aliphatic carbocycles. The van der Waals surface area contributed by atoms with Gasteiger partial charge in [0, 0.05) is 12.5 Å². The molecule has 2 N–H and O–H groups in total. The van der Waals surface area contributed by atoms with Crippen LogP contribution in [-0.2, 0) is 9.53 Å². The molecule has 0 amide bonds. The van der Waals surface area contributed by atoms with E-state index in [1.54, 1.807) is 0 Å². The number of rotatable bonds is 3. The third kappa shape index (κ3) is 2.59. The van der Waals surface area contributed by atoms with Crippen molar-refractivity contribution < 1.29 is 9.53 Å². The summed E-state index contributed by atoms with van der Waals surface area (Å²) in [7, 11) is 0. The van der Waals surface area contributed by atoms with Gasteiger partial charge in [-0.2, -0.15) is 0 Å². The first-order valence-corrected chi connectivity index (χ1v) is 5.89. The number of Topliss-reactive ketones (excluding diaryl/α,β-unsaturated/α-hetero) is 1. The second-order valence-electron chi connectivity index (χ2n) is 4.54. The third-order valence-corrected chi connectivity index (χ3v) is 3.38. The molecule has 1 aliphatic heterocycles. The van der Waals surface area contributed by atoms with E-state index in [9.17, 15) is 4.79 Å². The maximum atomic E-state index is 11.9. The van der Waals surface area contributed by atoms with Gasteiger partial charge in [-0.25, -0.2) is 0 Å². The van der Waals surface area contributed by atoms with E-state index in [0.717, 1.165) is 25.7 Å². The number of ether oxygens (including phenoxy) is 1. The van der Waals surface area contributed by atoms with Crippen molar-refractivity contribution in [2.24, 2.45) is 11.7 Å². The number of allylic oxidation sites excluding steroid dienone is 2. The second-order valence-corrected chi connectivity index (χ2v) is 4.54. The van der Waals surface area contributed by atoms with Crippen LogP contribution in [-0.4, -0.2) is 18.4 Å². The molecule has 1 saturated carbocycles. The highest BCUT2D eigenvalue weighted by atomic mass is 16.5. The molecule has 0 spiro atoms. The molecule has 0 aromatic rings. The van der Waals surface area contributed by atoms with Gasteiger partial charge in [0.2, 0.25) is 0 Å². The van der Waals surface area contributed by atoms with Crippen molar-refractivity contribution in [2.45, 2.75) is 44.6 Å². The van der Waals surface area contributed by atoms with Crippen LogP contribution in [0.25, 0.3) is 0 Å². The maximum absolute atomic E-state index is 11.9. The molecule has 0 aromatic carbocycles. The molecule has 3 nitrogen and oxygen atoms in total. The molecule has 2 atom stereocenters. The van der Waals surface area contributed by atoms with E-state index in [0.29, 0.717) is 24.7 Å². The second kappa shape index (κ2) is 4.79. The number of carbonyl (C=O) groups is 1. The standard InChI is InChI=1S/C12H19NO2/c13-10-5-3-4-9(10)8-11(14)12-6-1-2-7-15-12/h6,9-10H,1-5,7-8,13H2/t9-,10+/m0/s1. The topological polar surface area (TPSA) is 52.3 Å². The molecule has 0 radical (unpaired) electrons. The predicted octanol–water partition coefficient (Wildman–Crippen LogP) is 1.77. The Morgan fingerprint density at radius 3 is 2.93 bits per heavy atom. The fourth-order valence-corrected chi connectivity index (χ4v) is 2.41. The summed E-state index contributed by atoms with van der Waals surface area (Å²) in [4.78, 5) is 11.9. The largest absolute Gasteiger partial charge is 0.490 e. The fraction of sp³-hybridized carbons (Fsp3) is 0.750. The molecule has 15 heavy (non-hydrogen) atoms. The Balaban J connectivity index is 1.88. The normalized spacial score (nSPS) is 30.9. The Morgan fingerprint density at radius 2 is 2.33 bits per heavy atom. The Labute approximate surface area is 90.7 Å². The van der Waals surface area contributed by atoms with Crippen molar-refractivity contribution in [2.75, 3.05) is 6.61 Å². The van der Waals surface area contributed by atoms with Gasteiger partial charge in [0.25, 0.3) is 0 Å². The van der Waals surface area contributed by atoms with E-state index in [2.05, 4.69) is 0 Å². The summed E-state index contributed by atoms with van der Waals surface area (Å²) >= 11 is 0. The van der Waals surface area contributed by atoms with Crippen molar-refractivity contribution in [3.05, 3.63) is 11.8 Å². The van der Waals surface area contributed by atoms with E-state index in [1.807, 2.05) is 6.08 Å². The highest BCUT2D eigenvalue weighted by molar-refractivity contribution is 5.93. The molecule has 3 heteroatoms. The molecule has 84 valence electrons. The monoisotopic (exact) mass is 209 g/mol. The average Bonchev–Trinajstić information content (AvgIpc) is 2.66. The van der Waals surface area contributed by atoms with Crippen LogP contribution in [0.4, 0.5) is 0 Å². The minimum Gasteiger partial charge on any atom is -0.490 e. The Bertz CT molecular complexity index is 273. The molecule has 1 fully saturated rings. The summed E-state index contributed by atoms with van der Waals surface area (Å²) in [6, 6.07) is 0.221. The summed E-state index contributed by atoms with van der Waals surface area (Å²) in [6.45, 7) is 0.689. The summed E-state index contributed by atoms with van der Waals surface area (Å²) in [6.07, 6.45) is 7.83. The zero-order valence-electron chi connectivity index (χ0n) is 9.08. The van der Waals surface area contributed by atoms with Crippen LogP contribution in [0.3, 0.4) is 0 Å². The van der Waals surface area contributed by atoms with Crippen LogP contribution in [0, 0.1) is 5.92 Å². The van der Waals surface area contributed by atoms with Crippen molar-refractivity contribution in [1.29, 1.82) is 0 Å². The van der Waals surface area contributed by atoms with Crippen LogP contribution in [0.5, 0.6) is 0 Å². The SMILES string of the molecule is N[C@@H]1CCC[C@H]1CC(=O)C1=CCCCO1. The van der Waals surface area contributed by atoms with Gasteiger partial charge in [-0.3, -0.25) is 4.79 Å². The van der Waals surface area contributed by atoms with Gasteiger partial charge >= 0.3 is 0 Å². The summed E-state index contributed by atoms with van der Waals surface area (Å²) in [5.74, 6) is 1.11. The molecule has 0 saturated heterocycles. The minimum absolute atomic E-state index is 0.150. The van der Waals surface area contributed by atoms with Crippen LogP contribution in [0.2, 0.25) is 0 Å². The van der Waals surface area contributed by atoms with Gasteiger partial charge < -0.3 is 10.5 Å². The number of hydrogen-bond acceptors (Lipinski definition) is 3. The molecule has 0 aromatic heterocycles. The van der Waals surface area contributed by atoms with Crippen molar-refractivity contribution in [1.82, 2.24) is 0 Å². The first-order chi connectivity index (χ1) is 7.27. The molecular formula is C12H19NO2. The number of carbonyl (C=O) groups excluding carboxylic acids is 1. The first-order valence-electron chi connectivity index (χ1n) is 5.89. The van der Waals surface area contributed by atoms with Gasteiger partial charge in [-0.05, 0) is 37.7 Å². The van der Waals surface area contributed by atoms with E-state index in [4.69, 9.17) is 10.5 Å². The minimum atomic E-state index is 0.150. The fourth-order valence-electron chi connectivity index (χ4n) is 2.41. The van der Waals surface area contributed by atoms with E-state index >= 15 is 0 Å². The van der Waals surface area contributed by atoms with E-state index in [-0.39, 0.29) is 11.8 Å². The van der Waals surface area contributed by atoms with Crippen molar-refractivity contribution in [3.63, 3.8) is 0 Å². The quantitative estimate of drug-likeness (QED) is 0.770. The molecule has 0 unspecified atom stereocenters.